The topological polar surface area (TPSA) is 70.8 Å². The van der Waals surface area contributed by atoms with Gasteiger partial charge in [0.05, 0.1) is 11.8 Å². The highest BCUT2D eigenvalue weighted by atomic mass is 16.5. The smallest absolute Gasteiger partial charge is 0.171 e. The molecule has 22 heavy (non-hydrogen) atoms. The molecule has 1 aromatic heterocycles. The van der Waals surface area contributed by atoms with Gasteiger partial charge in [-0.2, -0.15) is 10.4 Å². The maximum atomic E-state index is 9.32. The van der Waals surface area contributed by atoms with Gasteiger partial charge in [0.1, 0.15) is 17.4 Å². The van der Waals surface area contributed by atoms with Gasteiger partial charge in [0, 0.05) is 5.69 Å². The number of aryl methyl sites for hydroxylation is 2. The van der Waals surface area contributed by atoms with Gasteiger partial charge in [-0.05, 0) is 63.9 Å². The van der Waals surface area contributed by atoms with Gasteiger partial charge in [-0.15, -0.1) is 5.10 Å². The van der Waals surface area contributed by atoms with Crippen LogP contribution in [0, 0.1) is 32.1 Å². The Bertz CT molecular complexity index is 732. The van der Waals surface area contributed by atoms with Crippen LogP contribution in [0.2, 0.25) is 0 Å². The molecule has 0 amide bonds. The Balaban J connectivity index is 2.31. The summed E-state index contributed by atoms with van der Waals surface area (Å²) in [6.45, 7) is 9.69. The predicted molar refractivity (Wildman–Crippen MR) is 86.4 cm³/mol. The van der Waals surface area contributed by atoms with E-state index in [9.17, 15) is 5.26 Å². The number of hydrogen-bond acceptors (Lipinski definition) is 5. The summed E-state index contributed by atoms with van der Waals surface area (Å²) in [5.41, 5.74) is 4.00. The van der Waals surface area contributed by atoms with E-state index in [1.54, 1.807) is 0 Å². The second-order valence-electron chi connectivity index (χ2n) is 5.52. The standard InChI is InChI=1S/C17H20N4O/c1-10(2)22-16-7-6-14(8-11(16)3)19-17-15(9-18)12(4)13(5)20-21-17/h6-8,10H,1-5H3,(H,19,21). The van der Waals surface area contributed by atoms with Crippen LogP contribution >= 0.6 is 0 Å². The zero-order chi connectivity index (χ0) is 16.3. The van der Waals surface area contributed by atoms with Gasteiger partial charge in [0.15, 0.2) is 5.82 Å². The number of aromatic nitrogens is 2. The van der Waals surface area contributed by atoms with Crippen LogP contribution in [0.1, 0.15) is 36.2 Å². The van der Waals surface area contributed by atoms with Gasteiger partial charge in [0.25, 0.3) is 0 Å². The Kier molecular flexibility index (Phi) is 4.62. The molecule has 2 rings (SSSR count). The first-order valence-electron chi connectivity index (χ1n) is 7.20. The molecule has 5 heteroatoms. The Morgan fingerprint density at radius 1 is 1.18 bits per heavy atom. The maximum absolute atomic E-state index is 9.32. The van der Waals surface area contributed by atoms with Crippen molar-refractivity contribution in [1.82, 2.24) is 10.2 Å². The van der Waals surface area contributed by atoms with Gasteiger partial charge in [-0.25, -0.2) is 0 Å². The van der Waals surface area contributed by atoms with Crippen molar-refractivity contribution in [3.63, 3.8) is 0 Å². The minimum atomic E-state index is 0.133. The number of nitriles is 1. The van der Waals surface area contributed by atoms with Crippen LogP contribution in [0.15, 0.2) is 18.2 Å². The lowest BCUT2D eigenvalue weighted by atomic mass is 10.1. The summed E-state index contributed by atoms with van der Waals surface area (Å²) < 4.78 is 5.72. The molecule has 0 unspecified atom stereocenters. The molecular weight excluding hydrogens is 276 g/mol. The lowest BCUT2D eigenvalue weighted by Gasteiger charge is -2.14. The van der Waals surface area contributed by atoms with E-state index in [1.807, 2.05) is 52.8 Å². The lowest BCUT2D eigenvalue weighted by molar-refractivity contribution is 0.241. The van der Waals surface area contributed by atoms with Crippen molar-refractivity contribution in [3.8, 4) is 11.8 Å². The van der Waals surface area contributed by atoms with E-state index >= 15 is 0 Å². The van der Waals surface area contributed by atoms with Crippen molar-refractivity contribution in [2.45, 2.75) is 40.7 Å². The van der Waals surface area contributed by atoms with Crippen molar-refractivity contribution in [2.75, 3.05) is 5.32 Å². The van der Waals surface area contributed by atoms with Crippen molar-refractivity contribution < 1.29 is 4.74 Å². The van der Waals surface area contributed by atoms with E-state index in [0.29, 0.717) is 11.4 Å². The largest absolute Gasteiger partial charge is 0.491 e. The highest BCUT2D eigenvalue weighted by Crippen LogP contribution is 2.26. The molecule has 1 aromatic carbocycles. The monoisotopic (exact) mass is 296 g/mol. The molecule has 0 saturated heterocycles. The molecule has 114 valence electrons. The summed E-state index contributed by atoms with van der Waals surface area (Å²) >= 11 is 0. The fourth-order valence-electron chi connectivity index (χ4n) is 2.08. The fraction of sp³-hybridized carbons (Fsp3) is 0.353. The normalized spacial score (nSPS) is 10.4. The third kappa shape index (κ3) is 3.34. The van der Waals surface area contributed by atoms with E-state index in [-0.39, 0.29) is 6.10 Å². The summed E-state index contributed by atoms with van der Waals surface area (Å²) in [5, 5.41) is 20.6. The van der Waals surface area contributed by atoms with Crippen LogP contribution in [0.25, 0.3) is 0 Å². The van der Waals surface area contributed by atoms with Gasteiger partial charge >= 0.3 is 0 Å². The van der Waals surface area contributed by atoms with Crippen LogP contribution in [0.4, 0.5) is 11.5 Å². The summed E-state index contributed by atoms with van der Waals surface area (Å²) in [7, 11) is 0. The minimum Gasteiger partial charge on any atom is -0.491 e. The number of ether oxygens (including phenoxy) is 1. The minimum absolute atomic E-state index is 0.133. The number of nitrogens with one attached hydrogen (secondary N) is 1. The molecular formula is C17H20N4O. The zero-order valence-electron chi connectivity index (χ0n) is 13.6. The summed E-state index contributed by atoms with van der Waals surface area (Å²) in [5.74, 6) is 1.33. The Hall–Kier alpha value is -2.61. The van der Waals surface area contributed by atoms with E-state index in [4.69, 9.17) is 4.74 Å². The second-order valence-corrected chi connectivity index (χ2v) is 5.52. The highest BCUT2D eigenvalue weighted by molar-refractivity contribution is 5.65. The summed E-state index contributed by atoms with van der Waals surface area (Å²) in [6, 6.07) is 7.98. The van der Waals surface area contributed by atoms with E-state index < -0.39 is 0 Å². The van der Waals surface area contributed by atoms with Crippen molar-refractivity contribution in [3.05, 3.63) is 40.6 Å². The molecule has 1 N–H and O–H groups in total. The Labute approximate surface area is 131 Å². The van der Waals surface area contributed by atoms with Crippen LogP contribution in [-0.2, 0) is 0 Å². The molecule has 0 saturated carbocycles. The molecule has 0 aliphatic carbocycles. The van der Waals surface area contributed by atoms with Crippen molar-refractivity contribution in [1.29, 1.82) is 5.26 Å². The quantitative estimate of drug-likeness (QED) is 0.929. The van der Waals surface area contributed by atoms with Gasteiger partial charge in [-0.3, -0.25) is 0 Å². The van der Waals surface area contributed by atoms with Crippen molar-refractivity contribution >= 4 is 11.5 Å². The molecule has 0 atom stereocenters. The third-order valence-electron chi connectivity index (χ3n) is 3.37. The van der Waals surface area contributed by atoms with Crippen LogP contribution in [0.3, 0.4) is 0 Å². The maximum Gasteiger partial charge on any atom is 0.171 e. The average molecular weight is 296 g/mol. The SMILES string of the molecule is Cc1cc(Nc2nnc(C)c(C)c2C#N)ccc1OC(C)C. The molecule has 0 spiro atoms. The average Bonchev–Trinajstić information content (AvgIpc) is 2.46. The number of anilines is 2. The van der Waals surface area contributed by atoms with Gasteiger partial charge < -0.3 is 10.1 Å². The number of hydrogen-bond donors (Lipinski definition) is 1. The van der Waals surface area contributed by atoms with Crippen LogP contribution < -0.4 is 10.1 Å². The molecule has 2 aromatic rings. The molecule has 0 aliphatic heterocycles. The summed E-state index contributed by atoms with van der Waals surface area (Å²) in [4.78, 5) is 0. The third-order valence-corrected chi connectivity index (χ3v) is 3.37. The zero-order valence-corrected chi connectivity index (χ0v) is 13.6. The summed E-state index contributed by atoms with van der Waals surface area (Å²) in [6.07, 6.45) is 0.133. The van der Waals surface area contributed by atoms with Gasteiger partial charge in [-0.1, -0.05) is 0 Å². The fourth-order valence-corrected chi connectivity index (χ4v) is 2.08. The first-order valence-corrected chi connectivity index (χ1v) is 7.20. The van der Waals surface area contributed by atoms with E-state index in [0.717, 1.165) is 28.3 Å². The first-order chi connectivity index (χ1) is 10.4. The van der Waals surface area contributed by atoms with Crippen molar-refractivity contribution in [2.24, 2.45) is 0 Å². The molecule has 0 radical (unpaired) electrons. The predicted octanol–water partition coefficient (Wildman–Crippen LogP) is 3.80. The molecule has 1 heterocycles. The van der Waals surface area contributed by atoms with Crippen LogP contribution in [0.5, 0.6) is 5.75 Å². The van der Waals surface area contributed by atoms with Crippen LogP contribution in [-0.4, -0.2) is 16.3 Å². The van der Waals surface area contributed by atoms with E-state index in [2.05, 4.69) is 21.6 Å². The Morgan fingerprint density at radius 2 is 1.91 bits per heavy atom. The first kappa shape index (κ1) is 15.8. The number of benzene rings is 1. The number of nitrogens with zero attached hydrogens (tertiary/aromatic N) is 3. The molecule has 0 fully saturated rings. The second kappa shape index (κ2) is 6.44. The van der Waals surface area contributed by atoms with E-state index in [1.165, 1.54) is 0 Å². The number of rotatable bonds is 4. The lowest BCUT2D eigenvalue weighted by Crippen LogP contribution is -2.07. The highest BCUT2D eigenvalue weighted by Gasteiger charge is 2.11. The Morgan fingerprint density at radius 3 is 2.50 bits per heavy atom. The van der Waals surface area contributed by atoms with Gasteiger partial charge in [0.2, 0.25) is 0 Å². The molecule has 0 aliphatic rings. The molecule has 0 bridgehead atoms. The molecule has 5 nitrogen and oxygen atoms in total.